The molecule has 104 valence electrons. The number of piperidine rings is 1. The number of carbonyl (C=O) groups is 1. The molecule has 0 unspecified atom stereocenters. The first-order valence-corrected chi connectivity index (χ1v) is 6.44. The number of carbonyl (C=O) groups excluding carboxylic acids is 1. The average Bonchev–Trinajstić information content (AvgIpc) is 2.41. The Morgan fingerprint density at radius 1 is 1.42 bits per heavy atom. The smallest absolute Gasteiger partial charge is 0.340 e. The van der Waals surface area contributed by atoms with Crippen LogP contribution in [0.1, 0.15) is 28.8 Å². The highest BCUT2D eigenvalue weighted by Crippen LogP contribution is 2.28. The fourth-order valence-electron chi connectivity index (χ4n) is 2.36. The molecular formula is C14H20N2O3. The number of nitrogens with zero attached hydrogens (tertiary/aromatic N) is 1. The molecular weight excluding hydrogens is 244 g/mol. The number of esters is 1. The van der Waals surface area contributed by atoms with Gasteiger partial charge in [0.1, 0.15) is 0 Å². The summed E-state index contributed by atoms with van der Waals surface area (Å²) in [6, 6.07) is 3.74. The van der Waals surface area contributed by atoms with Crippen LogP contribution in [0.4, 0.5) is 11.4 Å². The van der Waals surface area contributed by atoms with Crippen LogP contribution in [0.3, 0.4) is 0 Å². The zero-order valence-electron chi connectivity index (χ0n) is 11.3. The van der Waals surface area contributed by atoms with Crippen molar-refractivity contribution in [3.8, 4) is 0 Å². The second-order valence-electron chi connectivity index (χ2n) is 4.93. The number of ether oxygens (including phenoxy) is 1. The number of nitrogens with two attached hydrogens (primary N) is 1. The molecule has 0 radical (unpaired) electrons. The molecule has 5 nitrogen and oxygen atoms in total. The lowest BCUT2D eigenvalue weighted by atomic mass is 10.0. The molecule has 0 saturated carbocycles. The van der Waals surface area contributed by atoms with Crippen molar-refractivity contribution < 1.29 is 14.6 Å². The Kier molecular flexibility index (Phi) is 3.95. The third-order valence-corrected chi connectivity index (χ3v) is 3.61. The molecule has 0 spiro atoms. The van der Waals surface area contributed by atoms with Crippen molar-refractivity contribution in [1.82, 2.24) is 0 Å². The number of anilines is 2. The predicted molar refractivity (Wildman–Crippen MR) is 74.4 cm³/mol. The van der Waals surface area contributed by atoms with Gasteiger partial charge in [-0.1, -0.05) is 0 Å². The number of nitrogen functional groups attached to an aromatic ring is 1. The van der Waals surface area contributed by atoms with Crippen LogP contribution in [0.25, 0.3) is 0 Å². The van der Waals surface area contributed by atoms with Crippen molar-refractivity contribution in [1.29, 1.82) is 0 Å². The van der Waals surface area contributed by atoms with Crippen molar-refractivity contribution >= 4 is 17.3 Å². The van der Waals surface area contributed by atoms with Gasteiger partial charge in [0.05, 0.1) is 18.8 Å². The molecule has 0 amide bonds. The summed E-state index contributed by atoms with van der Waals surface area (Å²) in [5.74, 6) is -0.417. The maximum atomic E-state index is 11.7. The van der Waals surface area contributed by atoms with Gasteiger partial charge in [0.2, 0.25) is 0 Å². The largest absolute Gasteiger partial charge is 0.465 e. The van der Waals surface area contributed by atoms with Gasteiger partial charge in [0.25, 0.3) is 0 Å². The van der Waals surface area contributed by atoms with Crippen molar-refractivity contribution in [3.05, 3.63) is 23.3 Å². The summed E-state index contributed by atoms with van der Waals surface area (Å²) >= 11 is 0. The van der Waals surface area contributed by atoms with E-state index in [1.54, 1.807) is 6.07 Å². The summed E-state index contributed by atoms with van der Waals surface area (Å²) in [4.78, 5) is 13.9. The number of hydrogen-bond donors (Lipinski definition) is 2. The topological polar surface area (TPSA) is 75.8 Å². The average molecular weight is 264 g/mol. The number of methoxy groups -OCH3 is 1. The fraction of sp³-hybridized carbons (Fsp3) is 0.500. The predicted octanol–water partition coefficient (Wildman–Crippen LogP) is 1.32. The van der Waals surface area contributed by atoms with Crippen LogP contribution in [0.15, 0.2) is 12.1 Å². The molecule has 1 aromatic carbocycles. The van der Waals surface area contributed by atoms with Gasteiger partial charge < -0.3 is 20.5 Å². The minimum absolute atomic E-state index is 0.216. The van der Waals surface area contributed by atoms with Gasteiger partial charge >= 0.3 is 5.97 Å². The number of rotatable bonds is 2. The lowest BCUT2D eigenvalue weighted by Gasteiger charge is -2.32. The number of hydrogen-bond acceptors (Lipinski definition) is 5. The third-order valence-electron chi connectivity index (χ3n) is 3.61. The molecule has 0 bridgehead atoms. The Hall–Kier alpha value is -1.75. The number of aliphatic hydroxyl groups is 1. The van der Waals surface area contributed by atoms with Gasteiger partial charge in [-0.2, -0.15) is 0 Å². The van der Waals surface area contributed by atoms with Crippen LogP contribution in [-0.4, -0.2) is 37.4 Å². The minimum atomic E-state index is -0.417. The monoisotopic (exact) mass is 264 g/mol. The molecule has 1 aliphatic heterocycles. The quantitative estimate of drug-likeness (QED) is 0.622. The molecule has 0 aromatic heterocycles. The molecule has 0 aliphatic carbocycles. The van der Waals surface area contributed by atoms with Crippen molar-refractivity contribution in [3.63, 3.8) is 0 Å². The Labute approximate surface area is 113 Å². The SMILES string of the molecule is COC(=O)c1cc(N2CCC(O)CC2)cc(C)c1N. The van der Waals surface area contributed by atoms with Gasteiger partial charge in [-0.3, -0.25) is 0 Å². The van der Waals surface area contributed by atoms with Crippen LogP contribution in [0, 0.1) is 6.92 Å². The van der Waals surface area contributed by atoms with E-state index in [-0.39, 0.29) is 6.10 Å². The zero-order valence-corrected chi connectivity index (χ0v) is 11.3. The Morgan fingerprint density at radius 3 is 2.63 bits per heavy atom. The summed E-state index contributed by atoms with van der Waals surface area (Å²) in [6.07, 6.45) is 1.28. The Bertz CT molecular complexity index is 480. The summed E-state index contributed by atoms with van der Waals surface area (Å²) in [7, 11) is 1.35. The van der Waals surface area contributed by atoms with Gasteiger partial charge in [-0.15, -0.1) is 0 Å². The van der Waals surface area contributed by atoms with Crippen molar-refractivity contribution in [2.75, 3.05) is 30.8 Å². The van der Waals surface area contributed by atoms with Gasteiger partial charge in [0.15, 0.2) is 0 Å². The normalized spacial score (nSPS) is 16.5. The first-order valence-electron chi connectivity index (χ1n) is 6.44. The van der Waals surface area contributed by atoms with E-state index in [0.717, 1.165) is 37.2 Å². The van der Waals surface area contributed by atoms with Crippen molar-refractivity contribution in [2.24, 2.45) is 0 Å². The van der Waals surface area contributed by atoms with E-state index < -0.39 is 5.97 Å². The molecule has 1 aromatic rings. The summed E-state index contributed by atoms with van der Waals surface area (Å²) < 4.78 is 4.75. The van der Waals surface area contributed by atoms with E-state index in [1.165, 1.54) is 7.11 Å². The van der Waals surface area contributed by atoms with E-state index in [2.05, 4.69) is 4.90 Å². The number of aliphatic hydroxyl groups excluding tert-OH is 1. The summed E-state index contributed by atoms with van der Waals surface area (Å²) in [5, 5.41) is 9.53. The Morgan fingerprint density at radius 2 is 2.05 bits per heavy atom. The maximum absolute atomic E-state index is 11.7. The first kappa shape index (κ1) is 13.7. The van der Waals surface area contributed by atoms with Gasteiger partial charge in [-0.25, -0.2) is 4.79 Å². The minimum Gasteiger partial charge on any atom is -0.465 e. The molecule has 2 rings (SSSR count). The highest BCUT2D eigenvalue weighted by atomic mass is 16.5. The molecule has 19 heavy (non-hydrogen) atoms. The highest BCUT2D eigenvalue weighted by molar-refractivity contribution is 5.97. The van der Waals surface area contributed by atoms with Gasteiger partial charge in [-0.05, 0) is 37.5 Å². The third kappa shape index (κ3) is 2.81. The molecule has 1 heterocycles. The summed E-state index contributed by atoms with van der Waals surface area (Å²) in [6.45, 7) is 3.44. The number of benzene rings is 1. The molecule has 1 aliphatic rings. The summed E-state index contributed by atoms with van der Waals surface area (Å²) in [5.41, 5.74) is 8.61. The molecule has 3 N–H and O–H groups in total. The Balaban J connectivity index is 2.31. The van der Waals surface area contributed by atoms with E-state index in [4.69, 9.17) is 10.5 Å². The standard InChI is InChI=1S/C14H20N2O3/c1-9-7-10(16-5-3-11(17)4-6-16)8-12(13(9)15)14(18)19-2/h7-8,11,17H,3-6,15H2,1-2H3. The van der Waals surface area contributed by atoms with Crippen LogP contribution in [0.5, 0.6) is 0 Å². The molecule has 1 fully saturated rings. The van der Waals surface area contributed by atoms with Crippen LogP contribution in [0.2, 0.25) is 0 Å². The lowest BCUT2D eigenvalue weighted by molar-refractivity contribution is 0.0602. The first-order chi connectivity index (χ1) is 9.02. The lowest BCUT2D eigenvalue weighted by Crippen LogP contribution is -2.36. The second-order valence-corrected chi connectivity index (χ2v) is 4.93. The molecule has 1 saturated heterocycles. The van der Waals surface area contributed by atoms with E-state index in [1.807, 2.05) is 13.0 Å². The molecule has 5 heteroatoms. The van der Waals surface area contributed by atoms with E-state index >= 15 is 0 Å². The van der Waals surface area contributed by atoms with Crippen LogP contribution in [-0.2, 0) is 4.74 Å². The number of aryl methyl sites for hydroxylation is 1. The van der Waals surface area contributed by atoms with Gasteiger partial charge in [0, 0.05) is 24.5 Å². The zero-order chi connectivity index (χ0) is 14.0. The van der Waals surface area contributed by atoms with E-state index in [9.17, 15) is 9.90 Å². The second kappa shape index (κ2) is 5.48. The van der Waals surface area contributed by atoms with Crippen molar-refractivity contribution in [2.45, 2.75) is 25.9 Å². The van der Waals surface area contributed by atoms with E-state index in [0.29, 0.717) is 11.3 Å². The van der Waals surface area contributed by atoms with Crippen LogP contribution >= 0.6 is 0 Å². The molecule has 0 atom stereocenters. The fourth-order valence-corrected chi connectivity index (χ4v) is 2.36. The van der Waals surface area contributed by atoms with Crippen LogP contribution < -0.4 is 10.6 Å². The maximum Gasteiger partial charge on any atom is 0.340 e. The highest BCUT2D eigenvalue weighted by Gasteiger charge is 2.20.